The van der Waals surface area contributed by atoms with Gasteiger partial charge in [-0.1, -0.05) is 42.5 Å². The first kappa shape index (κ1) is 17.8. The topological polar surface area (TPSA) is 43.1 Å². The molecule has 0 saturated carbocycles. The van der Waals surface area contributed by atoms with E-state index in [1.54, 1.807) is 0 Å². The molecule has 7 aromatic rings. The Balaban J connectivity index is 1.42. The fraction of sp³-hybridized carbons (Fsp3) is 0.0645. The van der Waals surface area contributed by atoms with Crippen LogP contribution < -0.4 is 0 Å². The van der Waals surface area contributed by atoms with Crippen molar-refractivity contribution < 1.29 is 0 Å². The van der Waals surface area contributed by atoms with Crippen molar-refractivity contribution in [1.29, 1.82) is 0 Å². The van der Waals surface area contributed by atoms with Gasteiger partial charge in [-0.3, -0.25) is 9.38 Å². The summed E-state index contributed by atoms with van der Waals surface area (Å²) in [5.74, 6) is 0. The van der Waals surface area contributed by atoms with E-state index in [4.69, 9.17) is 4.98 Å². The van der Waals surface area contributed by atoms with Crippen molar-refractivity contribution in [2.24, 2.45) is 0 Å². The van der Waals surface area contributed by atoms with Crippen LogP contribution in [0.25, 0.3) is 60.7 Å². The van der Waals surface area contributed by atoms with Gasteiger partial charge in [0.2, 0.25) is 0 Å². The maximum absolute atomic E-state index is 4.98. The third kappa shape index (κ3) is 2.11. The molecule has 0 radical (unpaired) electrons. The number of nitrogens with zero attached hydrogens (tertiary/aromatic N) is 4. The lowest BCUT2D eigenvalue weighted by Crippen LogP contribution is -1.95. The van der Waals surface area contributed by atoms with Crippen LogP contribution in [0.2, 0.25) is 0 Å². The molecule has 4 heteroatoms. The highest BCUT2D eigenvalue weighted by Crippen LogP contribution is 2.50. The second kappa shape index (κ2) is 6.10. The smallest absolute Gasteiger partial charge is 0.178 e. The summed E-state index contributed by atoms with van der Waals surface area (Å²) in [7, 11) is 0. The lowest BCUT2D eigenvalue weighted by molar-refractivity contribution is 1.24. The third-order valence-corrected chi connectivity index (χ3v) is 8.01. The second-order valence-corrected chi connectivity index (χ2v) is 9.66. The van der Waals surface area contributed by atoms with Crippen LogP contribution >= 0.6 is 0 Å². The van der Waals surface area contributed by atoms with E-state index < -0.39 is 0 Å². The minimum atomic E-state index is 0.767. The molecule has 0 amide bonds. The van der Waals surface area contributed by atoms with Crippen molar-refractivity contribution in [2.45, 2.75) is 12.8 Å². The third-order valence-electron chi connectivity index (χ3n) is 8.01. The highest BCUT2D eigenvalue weighted by atomic mass is 15.1. The van der Waals surface area contributed by atoms with Gasteiger partial charge in [-0.25, -0.2) is 9.97 Å². The molecule has 2 aliphatic carbocycles. The van der Waals surface area contributed by atoms with Crippen LogP contribution in [0.3, 0.4) is 0 Å². The van der Waals surface area contributed by atoms with Crippen LogP contribution in [-0.4, -0.2) is 19.4 Å². The van der Waals surface area contributed by atoms with Gasteiger partial charge in [0.1, 0.15) is 5.65 Å². The van der Waals surface area contributed by atoms with Gasteiger partial charge < -0.3 is 0 Å². The zero-order chi connectivity index (χ0) is 22.7. The van der Waals surface area contributed by atoms with E-state index in [0.717, 1.165) is 35.2 Å². The Bertz CT molecular complexity index is 2070. The summed E-state index contributed by atoms with van der Waals surface area (Å²) >= 11 is 0. The molecule has 9 rings (SSSR count). The van der Waals surface area contributed by atoms with Crippen LogP contribution in [0, 0.1) is 0 Å². The standard InChI is InChI=1S/C31H18N4/c1-2-5-19-17(4-1)14-18-7-8-20-21-9-10-23-29(25(21)15-24(20)28(18)19)22-11-13-32-16-27(22)35-26-6-3-12-33-30(26)34-31(23)35/h1-13,16H,14-15H2. The molecule has 4 heterocycles. The summed E-state index contributed by atoms with van der Waals surface area (Å²) < 4.78 is 2.22. The normalized spacial score (nSPS) is 13.5. The van der Waals surface area contributed by atoms with Crippen LogP contribution in [-0.2, 0) is 12.8 Å². The molecule has 0 atom stereocenters. The maximum Gasteiger partial charge on any atom is 0.178 e. The summed E-state index contributed by atoms with van der Waals surface area (Å²) in [5, 5.41) is 3.68. The number of benzene rings is 3. The first-order valence-corrected chi connectivity index (χ1v) is 12.0. The first-order chi connectivity index (χ1) is 17.4. The first-order valence-electron chi connectivity index (χ1n) is 12.0. The number of pyridine rings is 3. The Labute approximate surface area is 200 Å². The maximum atomic E-state index is 4.98. The molecule has 4 aromatic heterocycles. The Morgan fingerprint density at radius 1 is 0.657 bits per heavy atom. The van der Waals surface area contributed by atoms with Gasteiger partial charge in [0.15, 0.2) is 5.65 Å². The second-order valence-electron chi connectivity index (χ2n) is 9.66. The molecule has 35 heavy (non-hydrogen) atoms. The van der Waals surface area contributed by atoms with Gasteiger partial charge >= 0.3 is 0 Å². The molecule has 3 aromatic carbocycles. The van der Waals surface area contributed by atoms with Gasteiger partial charge in [0.25, 0.3) is 0 Å². The zero-order valence-corrected chi connectivity index (χ0v) is 18.8. The van der Waals surface area contributed by atoms with Crippen molar-refractivity contribution in [1.82, 2.24) is 19.4 Å². The van der Waals surface area contributed by atoms with Crippen LogP contribution in [0.4, 0.5) is 0 Å². The van der Waals surface area contributed by atoms with Crippen LogP contribution in [0.1, 0.15) is 22.3 Å². The average molecular weight is 447 g/mol. The minimum Gasteiger partial charge on any atom is -0.288 e. The number of rotatable bonds is 0. The average Bonchev–Trinajstić information content (AvgIpc) is 3.59. The molecule has 4 nitrogen and oxygen atoms in total. The number of aromatic nitrogens is 4. The van der Waals surface area contributed by atoms with Crippen LogP contribution in [0.5, 0.6) is 0 Å². The Kier molecular flexibility index (Phi) is 3.11. The Morgan fingerprint density at radius 2 is 1.57 bits per heavy atom. The van der Waals surface area contributed by atoms with E-state index in [2.05, 4.69) is 75.0 Å². The van der Waals surface area contributed by atoms with Gasteiger partial charge in [0.05, 0.1) is 17.2 Å². The van der Waals surface area contributed by atoms with Gasteiger partial charge in [-0.15, -0.1) is 0 Å². The lowest BCUT2D eigenvalue weighted by atomic mass is 9.95. The molecule has 0 aliphatic heterocycles. The predicted octanol–water partition coefficient (Wildman–Crippen LogP) is 6.73. The molecule has 162 valence electrons. The van der Waals surface area contributed by atoms with E-state index in [0.29, 0.717) is 0 Å². The molecule has 0 saturated heterocycles. The minimum absolute atomic E-state index is 0.767. The fourth-order valence-corrected chi connectivity index (χ4v) is 6.61. The number of imidazole rings is 1. The summed E-state index contributed by atoms with van der Waals surface area (Å²) in [5.41, 5.74) is 15.1. The van der Waals surface area contributed by atoms with Crippen molar-refractivity contribution in [3.05, 3.63) is 108 Å². The van der Waals surface area contributed by atoms with E-state index in [-0.39, 0.29) is 0 Å². The van der Waals surface area contributed by atoms with Gasteiger partial charge in [-0.2, -0.15) is 0 Å². The van der Waals surface area contributed by atoms with Crippen molar-refractivity contribution in [3.63, 3.8) is 0 Å². The summed E-state index contributed by atoms with van der Waals surface area (Å²) in [4.78, 5) is 14.0. The highest BCUT2D eigenvalue weighted by molar-refractivity contribution is 6.17. The molecular weight excluding hydrogens is 428 g/mol. The number of hydrogen-bond acceptors (Lipinski definition) is 3. The highest BCUT2D eigenvalue weighted by Gasteiger charge is 2.30. The van der Waals surface area contributed by atoms with Crippen molar-refractivity contribution in [3.8, 4) is 22.3 Å². The van der Waals surface area contributed by atoms with E-state index in [1.807, 2.05) is 24.7 Å². The Hall–Kier alpha value is -4.57. The molecule has 0 unspecified atom stereocenters. The van der Waals surface area contributed by atoms with E-state index in [1.165, 1.54) is 60.7 Å². The molecular formula is C31H18N4. The van der Waals surface area contributed by atoms with Crippen LogP contribution in [0.15, 0.2) is 85.3 Å². The molecule has 0 N–H and O–H groups in total. The summed E-state index contributed by atoms with van der Waals surface area (Å²) in [6.07, 6.45) is 7.64. The molecule has 0 bridgehead atoms. The van der Waals surface area contributed by atoms with Crippen molar-refractivity contribution in [2.75, 3.05) is 0 Å². The lowest BCUT2D eigenvalue weighted by Gasteiger charge is -2.12. The number of hydrogen-bond donors (Lipinski definition) is 0. The SMILES string of the molecule is c1ccc2c(c1)Cc1ccc3c(c1-2)Cc1c-3ccc2c1c1ccncc1n1c3cccnc3nc21. The fourth-order valence-electron chi connectivity index (χ4n) is 6.61. The van der Waals surface area contributed by atoms with Gasteiger partial charge in [0, 0.05) is 23.2 Å². The summed E-state index contributed by atoms with van der Waals surface area (Å²) in [6, 6.07) is 24.3. The predicted molar refractivity (Wildman–Crippen MR) is 140 cm³/mol. The van der Waals surface area contributed by atoms with Crippen molar-refractivity contribution >= 4 is 38.5 Å². The van der Waals surface area contributed by atoms with E-state index in [9.17, 15) is 0 Å². The molecule has 2 aliphatic rings. The van der Waals surface area contributed by atoms with E-state index >= 15 is 0 Å². The summed E-state index contributed by atoms with van der Waals surface area (Å²) in [6.45, 7) is 0. The zero-order valence-electron chi connectivity index (χ0n) is 18.8. The largest absolute Gasteiger partial charge is 0.288 e. The number of fused-ring (bicyclic) bond motifs is 16. The quantitative estimate of drug-likeness (QED) is 0.243. The monoisotopic (exact) mass is 446 g/mol. The molecule has 0 fully saturated rings. The Morgan fingerprint density at radius 3 is 2.57 bits per heavy atom. The van der Waals surface area contributed by atoms with Gasteiger partial charge in [-0.05, 0) is 87.0 Å². The molecule has 0 spiro atoms.